The van der Waals surface area contributed by atoms with Gasteiger partial charge in [-0.1, -0.05) is 28.1 Å². The van der Waals surface area contributed by atoms with Gasteiger partial charge in [-0.05, 0) is 23.7 Å². The Kier molecular flexibility index (Phi) is 3.48. The maximum atomic E-state index is 12.3. The molecule has 7 heteroatoms. The Balaban J connectivity index is 2.29. The molecule has 0 aliphatic carbocycles. The number of hydrogen-bond acceptors (Lipinski definition) is 3. The molecule has 90 valence electrons. The molecule has 0 aliphatic rings. The standard InChI is InChI=1S/C10H6BrF3N2S/c11-5-8-15-9(16-17-8)6-1-3-7(4-2-6)10(12,13)14/h1-4H,5H2. The van der Waals surface area contributed by atoms with Crippen molar-refractivity contribution in [2.24, 2.45) is 0 Å². The van der Waals surface area contributed by atoms with Crippen LogP contribution in [0.1, 0.15) is 10.6 Å². The molecule has 0 bridgehead atoms. The number of hydrogen-bond donors (Lipinski definition) is 0. The van der Waals surface area contributed by atoms with Crippen LogP contribution in [0.25, 0.3) is 11.4 Å². The minimum absolute atomic E-state index is 0.457. The second-order valence-corrected chi connectivity index (χ2v) is 4.62. The molecule has 0 spiro atoms. The van der Waals surface area contributed by atoms with Gasteiger partial charge in [-0.3, -0.25) is 0 Å². The van der Waals surface area contributed by atoms with Gasteiger partial charge in [-0.25, -0.2) is 4.98 Å². The number of alkyl halides is 4. The van der Waals surface area contributed by atoms with Crippen molar-refractivity contribution in [3.63, 3.8) is 0 Å². The van der Waals surface area contributed by atoms with Crippen LogP contribution >= 0.6 is 27.5 Å². The highest BCUT2D eigenvalue weighted by Gasteiger charge is 2.30. The van der Waals surface area contributed by atoms with Gasteiger partial charge < -0.3 is 0 Å². The molecule has 1 heterocycles. The first-order valence-electron chi connectivity index (χ1n) is 4.57. The Labute approximate surface area is 108 Å². The van der Waals surface area contributed by atoms with Crippen molar-refractivity contribution in [2.75, 3.05) is 0 Å². The van der Waals surface area contributed by atoms with Crippen LogP contribution in [-0.4, -0.2) is 9.36 Å². The lowest BCUT2D eigenvalue weighted by atomic mass is 10.1. The monoisotopic (exact) mass is 322 g/mol. The first kappa shape index (κ1) is 12.5. The average Bonchev–Trinajstić information content (AvgIpc) is 2.76. The van der Waals surface area contributed by atoms with Crippen LogP contribution in [0.3, 0.4) is 0 Å². The first-order chi connectivity index (χ1) is 8.00. The molecule has 0 N–H and O–H groups in total. The lowest BCUT2D eigenvalue weighted by Gasteiger charge is -2.06. The van der Waals surface area contributed by atoms with Gasteiger partial charge in [0.25, 0.3) is 0 Å². The Morgan fingerprint density at radius 3 is 2.29 bits per heavy atom. The highest BCUT2D eigenvalue weighted by molar-refractivity contribution is 9.08. The fourth-order valence-electron chi connectivity index (χ4n) is 1.23. The molecule has 0 saturated heterocycles. The normalized spacial score (nSPS) is 11.8. The molecule has 0 saturated carbocycles. The molecule has 2 nitrogen and oxygen atoms in total. The van der Waals surface area contributed by atoms with E-state index >= 15 is 0 Å². The van der Waals surface area contributed by atoms with Crippen molar-refractivity contribution in [3.8, 4) is 11.4 Å². The summed E-state index contributed by atoms with van der Waals surface area (Å²) >= 11 is 4.46. The molecule has 0 atom stereocenters. The summed E-state index contributed by atoms with van der Waals surface area (Å²) in [6.07, 6.45) is -4.31. The summed E-state index contributed by atoms with van der Waals surface area (Å²) in [5.41, 5.74) is -0.0846. The van der Waals surface area contributed by atoms with E-state index in [1.54, 1.807) is 0 Å². The van der Waals surface area contributed by atoms with Crippen LogP contribution < -0.4 is 0 Å². The third-order valence-corrected chi connectivity index (χ3v) is 3.67. The predicted molar refractivity (Wildman–Crippen MR) is 63.0 cm³/mol. The molecule has 0 fully saturated rings. The fraction of sp³-hybridized carbons (Fsp3) is 0.200. The molecule has 2 aromatic rings. The van der Waals surface area contributed by atoms with E-state index in [9.17, 15) is 13.2 Å². The van der Waals surface area contributed by atoms with Crippen LogP contribution in [0.5, 0.6) is 0 Å². The van der Waals surface area contributed by atoms with E-state index in [-0.39, 0.29) is 0 Å². The summed E-state index contributed by atoms with van der Waals surface area (Å²) in [7, 11) is 0. The lowest BCUT2D eigenvalue weighted by Crippen LogP contribution is -2.04. The van der Waals surface area contributed by atoms with E-state index < -0.39 is 11.7 Å². The van der Waals surface area contributed by atoms with Gasteiger partial charge in [0.1, 0.15) is 5.01 Å². The maximum absolute atomic E-state index is 12.3. The molecule has 0 unspecified atom stereocenters. The van der Waals surface area contributed by atoms with Crippen LogP contribution in [0.15, 0.2) is 24.3 Å². The zero-order valence-electron chi connectivity index (χ0n) is 8.33. The molecular weight excluding hydrogens is 317 g/mol. The van der Waals surface area contributed by atoms with Gasteiger partial charge in [0.2, 0.25) is 0 Å². The van der Waals surface area contributed by atoms with Crippen molar-refractivity contribution in [1.29, 1.82) is 0 Å². The molecule has 1 aromatic carbocycles. The molecule has 2 rings (SSSR count). The Morgan fingerprint density at radius 2 is 1.82 bits per heavy atom. The van der Waals surface area contributed by atoms with Crippen molar-refractivity contribution in [1.82, 2.24) is 9.36 Å². The molecule has 17 heavy (non-hydrogen) atoms. The third-order valence-electron chi connectivity index (χ3n) is 2.05. The van der Waals surface area contributed by atoms with E-state index in [2.05, 4.69) is 25.3 Å². The average molecular weight is 323 g/mol. The summed E-state index contributed by atoms with van der Waals surface area (Å²) in [4.78, 5) is 4.17. The van der Waals surface area contributed by atoms with Crippen molar-refractivity contribution < 1.29 is 13.2 Å². The van der Waals surface area contributed by atoms with E-state index in [0.717, 1.165) is 17.1 Å². The Bertz CT molecular complexity index is 507. The van der Waals surface area contributed by atoms with Crippen molar-refractivity contribution in [2.45, 2.75) is 11.5 Å². The number of benzene rings is 1. The van der Waals surface area contributed by atoms with Gasteiger partial charge in [-0.2, -0.15) is 17.5 Å². The third kappa shape index (κ3) is 2.84. The lowest BCUT2D eigenvalue weighted by molar-refractivity contribution is -0.137. The van der Waals surface area contributed by atoms with Crippen molar-refractivity contribution in [3.05, 3.63) is 34.8 Å². The Morgan fingerprint density at radius 1 is 1.18 bits per heavy atom. The predicted octanol–water partition coefficient (Wildman–Crippen LogP) is 4.12. The highest BCUT2D eigenvalue weighted by Crippen LogP contribution is 2.30. The largest absolute Gasteiger partial charge is 0.416 e. The second-order valence-electron chi connectivity index (χ2n) is 3.22. The summed E-state index contributed by atoms with van der Waals surface area (Å²) in [5.74, 6) is 0.457. The van der Waals surface area contributed by atoms with Gasteiger partial charge in [0.15, 0.2) is 5.82 Å². The number of nitrogens with zero attached hydrogens (tertiary/aromatic N) is 2. The SMILES string of the molecule is FC(F)(F)c1ccc(-c2nsc(CBr)n2)cc1. The van der Waals surface area contributed by atoms with Crippen LogP contribution in [0.2, 0.25) is 0 Å². The van der Waals surface area contributed by atoms with Gasteiger partial charge in [0.05, 0.1) is 10.9 Å². The van der Waals surface area contributed by atoms with E-state index in [0.29, 0.717) is 16.7 Å². The van der Waals surface area contributed by atoms with Gasteiger partial charge in [-0.15, -0.1) is 0 Å². The van der Waals surface area contributed by atoms with Crippen LogP contribution in [-0.2, 0) is 11.5 Å². The number of rotatable bonds is 2. The van der Waals surface area contributed by atoms with E-state index in [1.807, 2.05) is 0 Å². The zero-order chi connectivity index (χ0) is 12.5. The maximum Gasteiger partial charge on any atom is 0.416 e. The summed E-state index contributed by atoms with van der Waals surface area (Å²) < 4.78 is 41.1. The second kappa shape index (κ2) is 4.73. The molecule has 0 amide bonds. The fourth-order valence-corrected chi connectivity index (χ4v) is 2.18. The minimum atomic E-state index is -4.31. The first-order valence-corrected chi connectivity index (χ1v) is 6.46. The smallest absolute Gasteiger partial charge is 0.219 e. The van der Waals surface area contributed by atoms with Gasteiger partial charge >= 0.3 is 6.18 Å². The zero-order valence-corrected chi connectivity index (χ0v) is 10.7. The summed E-state index contributed by atoms with van der Waals surface area (Å²) in [6, 6.07) is 4.82. The Hall–Kier alpha value is -0.950. The van der Waals surface area contributed by atoms with Crippen LogP contribution in [0, 0.1) is 0 Å². The minimum Gasteiger partial charge on any atom is -0.219 e. The highest BCUT2D eigenvalue weighted by atomic mass is 79.9. The number of aromatic nitrogens is 2. The molecule has 0 radical (unpaired) electrons. The number of halogens is 4. The van der Waals surface area contributed by atoms with Crippen LogP contribution in [0.4, 0.5) is 13.2 Å². The molecule has 0 aliphatic heterocycles. The molecule has 1 aromatic heterocycles. The van der Waals surface area contributed by atoms with E-state index in [4.69, 9.17) is 0 Å². The summed E-state index contributed by atoms with van der Waals surface area (Å²) in [5, 5.41) is 1.38. The van der Waals surface area contributed by atoms with Crippen molar-refractivity contribution >= 4 is 27.5 Å². The van der Waals surface area contributed by atoms with E-state index in [1.165, 1.54) is 23.7 Å². The topological polar surface area (TPSA) is 25.8 Å². The molecular formula is C10H6BrF3N2S. The van der Waals surface area contributed by atoms with Gasteiger partial charge in [0, 0.05) is 5.56 Å². The summed E-state index contributed by atoms with van der Waals surface area (Å²) in [6.45, 7) is 0. The quantitative estimate of drug-likeness (QED) is 0.777.